The fourth-order valence-electron chi connectivity index (χ4n) is 2.07. The second-order valence-electron chi connectivity index (χ2n) is 4.79. The zero-order valence-corrected chi connectivity index (χ0v) is 11.8. The van der Waals surface area contributed by atoms with Crippen LogP contribution in [0.25, 0.3) is 0 Å². The number of hydrogen-bond donors (Lipinski definition) is 3. The van der Waals surface area contributed by atoms with Gasteiger partial charge in [0.05, 0.1) is 24.3 Å². The largest absolute Gasteiger partial charge is 0.378 e. The molecular formula is C12H17N3O4S. The van der Waals surface area contributed by atoms with Crippen molar-refractivity contribution < 1.29 is 17.9 Å². The van der Waals surface area contributed by atoms with Crippen molar-refractivity contribution in [1.29, 1.82) is 0 Å². The van der Waals surface area contributed by atoms with Gasteiger partial charge in [0.1, 0.15) is 0 Å². The molecule has 8 heteroatoms. The van der Waals surface area contributed by atoms with Crippen molar-refractivity contribution in [2.75, 3.05) is 16.6 Å². The fraction of sp³-hybridized carbons (Fsp3) is 0.417. The van der Waals surface area contributed by atoms with Gasteiger partial charge in [-0.25, -0.2) is 5.14 Å². The molecule has 2 unspecified atom stereocenters. The van der Waals surface area contributed by atoms with E-state index in [1.54, 1.807) is 18.2 Å². The molecule has 0 spiro atoms. The van der Waals surface area contributed by atoms with Crippen LogP contribution in [0.4, 0.5) is 11.4 Å². The van der Waals surface area contributed by atoms with E-state index in [0.717, 1.165) is 0 Å². The summed E-state index contributed by atoms with van der Waals surface area (Å²) in [7, 11) is -3.83. The number of carbonyl (C=O) groups is 1. The van der Waals surface area contributed by atoms with Crippen LogP contribution in [0.2, 0.25) is 0 Å². The summed E-state index contributed by atoms with van der Waals surface area (Å²) in [4.78, 5) is 12.0. The minimum absolute atomic E-state index is 0.0844. The van der Waals surface area contributed by atoms with E-state index in [4.69, 9.17) is 9.88 Å². The Balaban J connectivity index is 2.02. The predicted molar refractivity (Wildman–Crippen MR) is 75.3 cm³/mol. The Hall–Kier alpha value is -1.64. The van der Waals surface area contributed by atoms with Crippen LogP contribution in [0.1, 0.15) is 13.3 Å². The third-order valence-electron chi connectivity index (χ3n) is 2.96. The molecular weight excluding hydrogens is 282 g/mol. The molecule has 0 saturated carbocycles. The Labute approximate surface area is 117 Å². The molecule has 1 saturated heterocycles. The normalized spacial score (nSPS) is 22.5. The molecule has 1 aromatic carbocycles. The minimum Gasteiger partial charge on any atom is -0.378 e. The molecule has 0 radical (unpaired) electrons. The van der Waals surface area contributed by atoms with Gasteiger partial charge in [-0.1, -0.05) is 6.07 Å². The van der Waals surface area contributed by atoms with Crippen molar-refractivity contribution in [2.45, 2.75) is 19.4 Å². The summed E-state index contributed by atoms with van der Waals surface area (Å²) in [5.41, 5.74) is 0.796. The molecule has 1 aromatic rings. The number of hydrogen-bond acceptors (Lipinski definition) is 4. The van der Waals surface area contributed by atoms with Gasteiger partial charge in [0, 0.05) is 5.69 Å². The van der Waals surface area contributed by atoms with E-state index in [1.165, 1.54) is 6.07 Å². The fourth-order valence-corrected chi connectivity index (χ4v) is 2.52. The van der Waals surface area contributed by atoms with E-state index in [-0.39, 0.29) is 17.9 Å². The topological polar surface area (TPSA) is 111 Å². The van der Waals surface area contributed by atoms with Crippen LogP contribution < -0.4 is 15.2 Å². The molecule has 110 valence electrons. The lowest BCUT2D eigenvalue weighted by Crippen LogP contribution is -2.23. The second kappa shape index (κ2) is 5.78. The molecule has 0 bridgehead atoms. The highest BCUT2D eigenvalue weighted by Gasteiger charge is 2.28. The van der Waals surface area contributed by atoms with Crippen LogP contribution in [0.3, 0.4) is 0 Å². The molecule has 1 heterocycles. The van der Waals surface area contributed by atoms with E-state index < -0.39 is 10.2 Å². The number of nitrogens with one attached hydrogen (secondary N) is 2. The Kier molecular flexibility index (Phi) is 4.26. The van der Waals surface area contributed by atoms with Gasteiger partial charge in [-0.05, 0) is 31.5 Å². The van der Waals surface area contributed by atoms with E-state index in [2.05, 4.69) is 10.0 Å². The maximum absolute atomic E-state index is 12.0. The van der Waals surface area contributed by atoms with Crippen molar-refractivity contribution >= 4 is 27.5 Å². The van der Waals surface area contributed by atoms with E-state index in [0.29, 0.717) is 24.4 Å². The summed E-state index contributed by atoms with van der Waals surface area (Å²) >= 11 is 0. The first-order valence-electron chi connectivity index (χ1n) is 6.16. The third kappa shape index (κ3) is 4.19. The number of nitrogens with two attached hydrogens (primary N) is 1. The Bertz CT molecular complexity index is 602. The third-order valence-corrected chi connectivity index (χ3v) is 3.48. The van der Waals surface area contributed by atoms with Crippen molar-refractivity contribution in [1.82, 2.24) is 0 Å². The molecule has 1 amide bonds. The van der Waals surface area contributed by atoms with Gasteiger partial charge in [-0.3, -0.25) is 9.52 Å². The molecule has 2 atom stereocenters. The molecule has 1 aliphatic rings. The van der Waals surface area contributed by atoms with Crippen molar-refractivity contribution in [3.8, 4) is 0 Å². The average Bonchev–Trinajstić information content (AvgIpc) is 2.74. The van der Waals surface area contributed by atoms with Gasteiger partial charge in [-0.2, -0.15) is 8.42 Å². The Morgan fingerprint density at radius 3 is 2.70 bits per heavy atom. The van der Waals surface area contributed by atoms with Gasteiger partial charge in [0.25, 0.3) is 10.2 Å². The van der Waals surface area contributed by atoms with Crippen LogP contribution in [0, 0.1) is 5.92 Å². The molecule has 4 N–H and O–H groups in total. The van der Waals surface area contributed by atoms with Crippen molar-refractivity contribution in [3.05, 3.63) is 24.3 Å². The summed E-state index contributed by atoms with van der Waals surface area (Å²) in [6, 6.07) is 6.34. The van der Waals surface area contributed by atoms with Crippen LogP contribution >= 0.6 is 0 Å². The highest BCUT2D eigenvalue weighted by atomic mass is 32.2. The SMILES string of the molecule is CC1CC(C(=O)Nc2cccc(NS(N)(=O)=O)c2)CO1. The lowest BCUT2D eigenvalue weighted by molar-refractivity contribution is -0.119. The van der Waals surface area contributed by atoms with Crippen molar-refractivity contribution in [2.24, 2.45) is 11.1 Å². The summed E-state index contributed by atoms with van der Waals surface area (Å²) < 4.78 is 29.4. The molecule has 0 aromatic heterocycles. The lowest BCUT2D eigenvalue weighted by Gasteiger charge is -2.11. The molecule has 1 aliphatic heterocycles. The smallest absolute Gasteiger partial charge is 0.296 e. The summed E-state index contributed by atoms with van der Waals surface area (Å²) in [5, 5.41) is 7.63. The van der Waals surface area contributed by atoms with Crippen LogP contribution in [0.15, 0.2) is 24.3 Å². The summed E-state index contributed by atoms with van der Waals surface area (Å²) in [6.07, 6.45) is 0.766. The number of amides is 1. The highest BCUT2D eigenvalue weighted by molar-refractivity contribution is 7.90. The first kappa shape index (κ1) is 14.8. The van der Waals surface area contributed by atoms with E-state index in [9.17, 15) is 13.2 Å². The zero-order valence-electron chi connectivity index (χ0n) is 11.0. The molecule has 20 heavy (non-hydrogen) atoms. The second-order valence-corrected chi connectivity index (χ2v) is 6.09. The minimum atomic E-state index is -3.83. The quantitative estimate of drug-likeness (QED) is 0.758. The van der Waals surface area contributed by atoms with Crippen LogP contribution in [-0.4, -0.2) is 27.0 Å². The average molecular weight is 299 g/mol. The predicted octanol–water partition coefficient (Wildman–Crippen LogP) is 0.665. The number of anilines is 2. The monoisotopic (exact) mass is 299 g/mol. The standard InChI is InChI=1S/C12H17N3O4S/c1-8-5-9(7-19-8)12(16)14-10-3-2-4-11(6-10)15-20(13,17)18/h2-4,6,8-9,15H,5,7H2,1H3,(H,14,16)(H2,13,17,18). The molecule has 7 nitrogen and oxygen atoms in total. The lowest BCUT2D eigenvalue weighted by atomic mass is 10.1. The van der Waals surface area contributed by atoms with Gasteiger partial charge >= 0.3 is 0 Å². The molecule has 2 rings (SSSR count). The van der Waals surface area contributed by atoms with E-state index >= 15 is 0 Å². The maximum Gasteiger partial charge on any atom is 0.296 e. The first-order valence-corrected chi connectivity index (χ1v) is 7.71. The molecule has 1 fully saturated rings. The summed E-state index contributed by atoms with van der Waals surface area (Å²) in [6.45, 7) is 2.33. The molecule has 0 aliphatic carbocycles. The number of benzene rings is 1. The maximum atomic E-state index is 12.0. The van der Waals surface area contributed by atoms with Crippen LogP contribution in [0.5, 0.6) is 0 Å². The van der Waals surface area contributed by atoms with Crippen molar-refractivity contribution in [3.63, 3.8) is 0 Å². The van der Waals surface area contributed by atoms with E-state index in [1.807, 2.05) is 6.92 Å². The zero-order chi connectivity index (χ0) is 14.8. The Morgan fingerprint density at radius 2 is 2.10 bits per heavy atom. The Morgan fingerprint density at radius 1 is 1.40 bits per heavy atom. The van der Waals surface area contributed by atoms with Gasteiger partial charge in [0.2, 0.25) is 5.91 Å². The van der Waals surface area contributed by atoms with Gasteiger partial charge in [0.15, 0.2) is 0 Å². The number of ether oxygens (including phenoxy) is 1. The summed E-state index contributed by atoms with van der Waals surface area (Å²) in [5.74, 6) is -0.318. The first-order chi connectivity index (χ1) is 9.33. The number of carbonyl (C=O) groups excluding carboxylic acids is 1. The highest BCUT2D eigenvalue weighted by Crippen LogP contribution is 2.22. The van der Waals surface area contributed by atoms with Gasteiger partial charge in [-0.15, -0.1) is 0 Å². The van der Waals surface area contributed by atoms with Crippen LogP contribution in [-0.2, 0) is 19.7 Å². The number of rotatable bonds is 4. The van der Waals surface area contributed by atoms with Gasteiger partial charge < -0.3 is 10.1 Å².